The highest BCUT2D eigenvalue weighted by atomic mass is 16.6. The topological polar surface area (TPSA) is 114 Å². The summed E-state index contributed by atoms with van der Waals surface area (Å²) >= 11 is 0. The van der Waals surface area contributed by atoms with Gasteiger partial charge >= 0.3 is 11.7 Å². The lowest BCUT2D eigenvalue weighted by atomic mass is 10.1. The second kappa shape index (κ2) is 9.05. The molecule has 3 amide bonds. The molecule has 0 aromatic heterocycles. The molecule has 1 aliphatic rings. The lowest BCUT2D eigenvalue weighted by molar-refractivity contribution is -0.385. The van der Waals surface area contributed by atoms with Gasteiger partial charge in [0, 0.05) is 37.0 Å². The molecule has 1 heterocycles. The van der Waals surface area contributed by atoms with E-state index >= 15 is 0 Å². The molecule has 1 aliphatic heterocycles. The maximum Gasteiger partial charge on any atom is 0.321 e. The second-order valence-electron chi connectivity index (χ2n) is 6.65. The molecule has 152 valence electrons. The van der Waals surface area contributed by atoms with Gasteiger partial charge in [-0.1, -0.05) is 12.1 Å². The smallest absolute Gasteiger partial charge is 0.321 e. The Bertz CT molecular complexity index is 925. The molecule has 9 nitrogen and oxygen atoms in total. The van der Waals surface area contributed by atoms with Crippen LogP contribution in [0.5, 0.6) is 5.75 Å². The standard InChI is InChI=1S/C20H22N4O5/c1-29-18-8-7-15(12-17(18)24(27)28)19(25)21-13-14-5-4-6-16(11-14)22-20(26)23-9-2-3-10-23/h4-8,11-12H,2-3,9-10,13H2,1H3,(H,21,25)(H,22,26). The molecule has 3 rings (SSSR count). The monoisotopic (exact) mass is 398 g/mol. The van der Waals surface area contributed by atoms with Crippen LogP contribution in [0.1, 0.15) is 28.8 Å². The molecule has 1 saturated heterocycles. The summed E-state index contributed by atoms with van der Waals surface area (Å²) in [6.45, 7) is 1.73. The van der Waals surface area contributed by atoms with Gasteiger partial charge in [-0.2, -0.15) is 0 Å². The van der Waals surface area contributed by atoms with E-state index in [-0.39, 0.29) is 29.6 Å². The molecule has 0 aliphatic carbocycles. The van der Waals surface area contributed by atoms with Crippen molar-refractivity contribution in [2.24, 2.45) is 0 Å². The van der Waals surface area contributed by atoms with E-state index in [9.17, 15) is 19.7 Å². The van der Waals surface area contributed by atoms with Gasteiger partial charge < -0.3 is 20.3 Å². The summed E-state index contributed by atoms with van der Waals surface area (Å²) < 4.78 is 4.94. The van der Waals surface area contributed by atoms with Crippen LogP contribution in [0.15, 0.2) is 42.5 Å². The van der Waals surface area contributed by atoms with Gasteiger partial charge in [0.15, 0.2) is 5.75 Å². The summed E-state index contributed by atoms with van der Waals surface area (Å²) in [4.78, 5) is 36.9. The number of nitro groups is 1. The fourth-order valence-electron chi connectivity index (χ4n) is 3.14. The highest BCUT2D eigenvalue weighted by Crippen LogP contribution is 2.27. The first-order valence-corrected chi connectivity index (χ1v) is 9.23. The van der Waals surface area contributed by atoms with Crippen LogP contribution in [0, 0.1) is 10.1 Å². The van der Waals surface area contributed by atoms with Crippen LogP contribution in [0.2, 0.25) is 0 Å². The third-order valence-corrected chi connectivity index (χ3v) is 4.66. The minimum absolute atomic E-state index is 0.0907. The molecule has 0 unspecified atom stereocenters. The molecule has 0 saturated carbocycles. The molecular weight excluding hydrogens is 376 g/mol. The fraction of sp³-hybridized carbons (Fsp3) is 0.300. The highest BCUT2D eigenvalue weighted by Gasteiger charge is 2.19. The van der Waals surface area contributed by atoms with E-state index < -0.39 is 10.8 Å². The Morgan fingerprint density at radius 2 is 1.93 bits per heavy atom. The molecule has 2 N–H and O–H groups in total. The summed E-state index contributed by atoms with van der Waals surface area (Å²) in [6, 6.07) is 11.1. The van der Waals surface area contributed by atoms with Gasteiger partial charge in [-0.15, -0.1) is 0 Å². The van der Waals surface area contributed by atoms with Crippen LogP contribution < -0.4 is 15.4 Å². The molecule has 9 heteroatoms. The summed E-state index contributed by atoms with van der Waals surface area (Å²) in [6.07, 6.45) is 2.03. The van der Waals surface area contributed by atoms with Crippen LogP contribution in [0.25, 0.3) is 0 Å². The van der Waals surface area contributed by atoms with Crippen molar-refractivity contribution in [3.8, 4) is 5.75 Å². The fourth-order valence-corrected chi connectivity index (χ4v) is 3.14. The molecule has 1 fully saturated rings. The number of benzene rings is 2. The number of nitrogens with one attached hydrogen (secondary N) is 2. The van der Waals surface area contributed by atoms with E-state index in [4.69, 9.17) is 4.74 Å². The van der Waals surface area contributed by atoms with Gasteiger partial charge in [-0.05, 0) is 42.7 Å². The van der Waals surface area contributed by atoms with Crippen LogP contribution in [0.3, 0.4) is 0 Å². The van der Waals surface area contributed by atoms with Crippen molar-refractivity contribution < 1.29 is 19.2 Å². The normalized spacial score (nSPS) is 13.1. The van der Waals surface area contributed by atoms with Crippen LogP contribution in [-0.4, -0.2) is 42.0 Å². The number of hydrogen-bond donors (Lipinski definition) is 2. The minimum Gasteiger partial charge on any atom is -0.490 e. The number of carbonyl (C=O) groups excluding carboxylic acids is 2. The van der Waals surface area contributed by atoms with E-state index in [1.54, 1.807) is 23.1 Å². The highest BCUT2D eigenvalue weighted by molar-refractivity contribution is 5.95. The summed E-state index contributed by atoms with van der Waals surface area (Å²) in [5, 5.41) is 16.7. The SMILES string of the molecule is COc1ccc(C(=O)NCc2cccc(NC(=O)N3CCCC3)c2)cc1[N+](=O)[O-]. The maximum absolute atomic E-state index is 12.4. The van der Waals surface area contributed by atoms with Crippen LogP contribution in [-0.2, 0) is 6.54 Å². The predicted octanol–water partition coefficient (Wildman–Crippen LogP) is 3.16. The van der Waals surface area contributed by atoms with Crippen molar-refractivity contribution in [2.75, 3.05) is 25.5 Å². The number of nitro benzene ring substituents is 1. The maximum atomic E-state index is 12.4. The first-order valence-electron chi connectivity index (χ1n) is 9.23. The zero-order chi connectivity index (χ0) is 20.8. The second-order valence-corrected chi connectivity index (χ2v) is 6.65. The van der Waals surface area contributed by atoms with E-state index in [1.807, 2.05) is 6.07 Å². The average Bonchev–Trinajstić information content (AvgIpc) is 3.27. The van der Waals surface area contributed by atoms with E-state index in [0.717, 1.165) is 31.5 Å². The lowest BCUT2D eigenvalue weighted by Crippen LogP contribution is -2.32. The lowest BCUT2D eigenvalue weighted by Gasteiger charge is -2.16. The largest absolute Gasteiger partial charge is 0.490 e. The van der Waals surface area contributed by atoms with Crippen molar-refractivity contribution in [2.45, 2.75) is 19.4 Å². The molecule has 0 atom stereocenters. The Morgan fingerprint density at radius 3 is 2.62 bits per heavy atom. The van der Waals surface area contributed by atoms with E-state index in [2.05, 4.69) is 10.6 Å². The van der Waals surface area contributed by atoms with Crippen molar-refractivity contribution in [3.63, 3.8) is 0 Å². The number of methoxy groups -OCH3 is 1. The van der Waals surface area contributed by atoms with E-state index in [0.29, 0.717) is 5.69 Å². The Labute approximate surface area is 167 Å². The number of likely N-dealkylation sites (tertiary alicyclic amines) is 1. The number of urea groups is 1. The van der Waals surface area contributed by atoms with Crippen molar-refractivity contribution in [3.05, 3.63) is 63.7 Å². The van der Waals surface area contributed by atoms with Gasteiger partial charge in [0.05, 0.1) is 12.0 Å². The van der Waals surface area contributed by atoms with Gasteiger partial charge in [0.2, 0.25) is 0 Å². The van der Waals surface area contributed by atoms with Crippen molar-refractivity contribution in [1.82, 2.24) is 10.2 Å². The Hall–Kier alpha value is -3.62. The molecule has 0 radical (unpaired) electrons. The van der Waals surface area contributed by atoms with Crippen molar-refractivity contribution in [1.29, 1.82) is 0 Å². The van der Waals surface area contributed by atoms with Crippen LogP contribution in [0.4, 0.5) is 16.2 Å². The zero-order valence-corrected chi connectivity index (χ0v) is 16.0. The minimum atomic E-state index is -0.595. The molecule has 0 bridgehead atoms. The summed E-state index contributed by atoms with van der Waals surface area (Å²) in [5.74, 6) is -0.352. The molecule has 2 aromatic carbocycles. The first kappa shape index (κ1) is 20.1. The molecule has 29 heavy (non-hydrogen) atoms. The van der Waals surface area contributed by atoms with Gasteiger partial charge in [-0.3, -0.25) is 14.9 Å². The van der Waals surface area contributed by atoms with Gasteiger partial charge in [-0.25, -0.2) is 4.79 Å². The quantitative estimate of drug-likeness (QED) is 0.573. The third kappa shape index (κ3) is 5.01. The first-order chi connectivity index (χ1) is 14.0. The number of ether oxygens (including phenoxy) is 1. The predicted molar refractivity (Wildman–Crippen MR) is 107 cm³/mol. The molecule has 2 aromatic rings. The Balaban J connectivity index is 1.62. The average molecular weight is 398 g/mol. The molecule has 0 spiro atoms. The number of anilines is 1. The van der Waals surface area contributed by atoms with Gasteiger partial charge in [0.1, 0.15) is 0 Å². The third-order valence-electron chi connectivity index (χ3n) is 4.66. The number of rotatable bonds is 6. The summed E-state index contributed by atoms with van der Waals surface area (Å²) in [7, 11) is 1.33. The van der Waals surface area contributed by atoms with Crippen LogP contribution >= 0.6 is 0 Å². The van der Waals surface area contributed by atoms with E-state index in [1.165, 1.54) is 25.3 Å². The molecular formula is C20H22N4O5. The summed E-state index contributed by atoms with van der Waals surface area (Å²) in [5.41, 5.74) is 1.33. The van der Waals surface area contributed by atoms with Crippen molar-refractivity contribution >= 4 is 23.3 Å². The Morgan fingerprint density at radius 1 is 1.17 bits per heavy atom. The number of carbonyl (C=O) groups is 2. The zero-order valence-electron chi connectivity index (χ0n) is 16.0. The number of amides is 3. The Kier molecular flexibility index (Phi) is 6.28. The number of nitrogens with zero attached hydrogens (tertiary/aromatic N) is 2. The van der Waals surface area contributed by atoms with Gasteiger partial charge in [0.25, 0.3) is 5.91 Å². The number of hydrogen-bond acceptors (Lipinski definition) is 5.